The van der Waals surface area contributed by atoms with Gasteiger partial charge in [-0.15, -0.1) is 0 Å². The first-order valence-corrected chi connectivity index (χ1v) is 11.2. The van der Waals surface area contributed by atoms with Crippen molar-refractivity contribution in [2.75, 3.05) is 6.54 Å². The van der Waals surface area contributed by atoms with Gasteiger partial charge in [0.2, 0.25) is 15.9 Å². The van der Waals surface area contributed by atoms with Gasteiger partial charge in [0.15, 0.2) is 0 Å². The molecule has 0 saturated carbocycles. The average molecular weight is 424 g/mol. The summed E-state index contributed by atoms with van der Waals surface area (Å²) in [5, 5.41) is 2.96. The fraction of sp³-hybridized carbons (Fsp3) is 0.217. The van der Waals surface area contributed by atoms with Gasteiger partial charge in [-0.3, -0.25) is 9.78 Å². The average Bonchev–Trinajstić information content (AvgIpc) is 2.75. The first-order chi connectivity index (χ1) is 14.4. The molecular formula is C23H25N3O3S. The summed E-state index contributed by atoms with van der Waals surface area (Å²) >= 11 is 0. The van der Waals surface area contributed by atoms with Crippen molar-refractivity contribution in [3.05, 3.63) is 95.3 Å². The van der Waals surface area contributed by atoms with Crippen molar-refractivity contribution in [1.29, 1.82) is 0 Å². The quantitative estimate of drug-likeness (QED) is 0.582. The number of hydrogen-bond acceptors (Lipinski definition) is 4. The molecule has 2 aromatic carbocycles. The molecule has 2 N–H and O–H groups in total. The Bertz CT molecular complexity index is 1060. The zero-order valence-corrected chi connectivity index (χ0v) is 17.8. The van der Waals surface area contributed by atoms with Crippen molar-refractivity contribution in [2.24, 2.45) is 0 Å². The minimum Gasteiger partial charge on any atom is -0.344 e. The van der Waals surface area contributed by atoms with Crippen LogP contribution in [0.1, 0.15) is 34.8 Å². The van der Waals surface area contributed by atoms with E-state index in [1.165, 1.54) is 0 Å². The van der Waals surface area contributed by atoms with Crippen LogP contribution >= 0.6 is 0 Å². The van der Waals surface area contributed by atoms with E-state index in [4.69, 9.17) is 0 Å². The molecule has 0 aliphatic rings. The molecule has 3 rings (SSSR count). The summed E-state index contributed by atoms with van der Waals surface area (Å²) in [7, 11) is -3.67. The summed E-state index contributed by atoms with van der Waals surface area (Å²) < 4.78 is 27.5. The zero-order chi connectivity index (χ0) is 21.6. The van der Waals surface area contributed by atoms with Crippen LogP contribution in [-0.2, 0) is 14.8 Å². The van der Waals surface area contributed by atoms with Gasteiger partial charge in [0.1, 0.15) is 0 Å². The van der Waals surface area contributed by atoms with Crippen LogP contribution in [-0.4, -0.2) is 25.9 Å². The number of nitrogens with one attached hydrogen (secondary N) is 2. The van der Waals surface area contributed by atoms with Gasteiger partial charge in [-0.1, -0.05) is 42.5 Å². The molecule has 1 unspecified atom stereocenters. The maximum absolute atomic E-state index is 12.5. The topological polar surface area (TPSA) is 88.2 Å². The number of pyridine rings is 1. The molecule has 0 bridgehead atoms. The van der Waals surface area contributed by atoms with Gasteiger partial charge in [-0.25, -0.2) is 13.1 Å². The van der Waals surface area contributed by atoms with Crippen molar-refractivity contribution >= 4 is 15.9 Å². The number of aromatic nitrogens is 1. The standard InChI is InChI=1S/C23H25N3O3S/c1-17-11-12-20(16-18(17)2)30(28,29)25-15-13-22(27)26-23(19-8-4-3-5-9-19)21-10-6-7-14-24-21/h3-12,14,16,23,25H,13,15H2,1-2H3,(H,26,27). The van der Waals surface area contributed by atoms with Crippen molar-refractivity contribution in [1.82, 2.24) is 15.0 Å². The second kappa shape index (κ2) is 9.65. The SMILES string of the molecule is Cc1ccc(S(=O)(=O)NCCC(=O)NC(c2ccccc2)c2ccccn2)cc1C. The first kappa shape index (κ1) is 21.7. The predicted octanol–water partition coefficient (Wildman–Crippen LogP) is 3.27. The van der Waals surface area contributed by atoms with Crippen molar-refractivity contribution in [3.8, 4) is 0 Å². The summed E-state index contributed by atoms with van der Waals surface area (Å²) in [6, 6.07) is 19.6. The molecule has 1 heterocycles. The van der Waals surface area contributed by atoms with Gasteiger partial charge in [-0.2, -0.15) is 0 Å². The molecule has 0 saturated heterocycles. The largest absolute Gasteiger partial charge is 0.344 e. The minimum absolute atomic E-state index is 0.00478. The molecule has 0 spiro atoms. The Morgan fingerprint density at radius 3 is 2.37 bits per heavy atom. The van der Waals surface area contributed by atoms with Crippen LogP contribution in [0, 0.1) is 13.8 Å². The van der Waals surface area contributed by atoms with Gasteiger partial charge in [0.05, 0.1) is 16.6 Å². The van der Waals surface area contributed by atoms with Gasteiger partial charge in [-0.05, 0) is 54.8 Å². The molecule has 156 valence electrons. The third-order valence-electron chi connectivity index (χ3n) is 4.85. The molecule has 1 aromatic heterocycles. The maximum Gasteiger partial charge on any atom is 0.240 e. The molecule has 1 amide bonds. The maximum atomic E-state index is 12.5. The molecular weight excluding hydrogens is 398 g/mol. The van der Waals surface area contributed by atoms with E-state index in [1.807, 2.05) is 62.4 Å². The van der Waals surface area contributed by atoms with Crippen LogP contribution in [0.25, 0.3) is 0 Å². The second-order valence-corrected chi connectivity index (χ2v) is 8.83. The van der Waals surface area contributed by atoms with Gasteiger partial charge in [0.25, 0.3) is 0 Å². The summed E-state index contributed by atoms with van der Waals surface area (Å²) in [6.45, 7) is 3.79. The summed E-state index contributed by atoms with van der Waals surface area (Å²) in [5.74, 6) is -0.266. The van der Waals surface area contributed by atoms with E-state index in [9.17, 15) is 13.2 Å². The van der Waals surface area contributed by atoms with Crippen LogP contribution < -0.4 is 10.0 Å². The van der Waals surface area contributed by atoms with E-state index >= 15 is 0 Å². The normalized spacial score (nSPS) is 12.3. The monoisotopic (exact) mass is 423 g/mol. The molecule has 0 radical (unpaired) electrons. The van der Waals surface area contributed by atoms with Gasteiger partial charge < -0.3 is 5.32 Å². The van der Waals surface area contributed by atoms with Crippen molar-refractivity contribution < 1.29 is 13.2 Å². The number of amides is 1. The lowest BCUT2D eigenvalue weighted by atomic mass is 10.0. The number of benzene rings is 2. The van der Waals surface area contributed by atoms with Crippen molar-refractivity contribution in [3.63, 3.8) is 0 Å². The van der Waals surface area contributed by atoms with Crippen LogP contribution in [0.5, 0.6) is 0 Å². The van der Waals surface area contributed by atoms with Crippen LogP contribution in [0.15, 0.2) is 77.8 Å². The minimum atomic E-state index is -3.67. The molecule has 7 heteroatoms. The second-order valence-electron chi connectivity index (χ2n) is 7.06. The number of aryl methyl sites for hydroxylation is 2. The summed E-state index contributed by atoms with van der Waals surface area (Å²) in [4.78, 5) is 17.1. The number of carbonyl (C=O) groups excluding carboxylic acids is 1. The van der Waals surface area contributed by atoms with E-state index in [-0.39, 0.29) is 23.8 Å². The van der Waals surface area contributed by atoms with E-state index in [2.05, 4.69) is 15.0 Å². The highest BCUT2D eigenvalue weighted by molar-refractivity contribution is 7.89. The molecule has 3 aromatic rings. The molecule has 0 aliphatic carbocycles. The van der Waals surface area contributed by atoms with E-state index in [0.29, 0.717) is 5.69 Å². The number of nitrogens with zero attached hydrogens (tertiary/aromatic N) is 1. The number of rotatable bonds is 8. The Morgan fingerprint density at radius 2 is 1.70 bits per heavy atom. The molecule has 30 heavy (non-hydrogen) atoms. The van der Waals surface area contributed by atoms with Crippen molar-refractivity contribution in [2.45, 2.75) is 31.2 Å². The van der Waals surface area contributed by atoms with Crippen LogP contribution in [0.2, 0.25) is 0 Å². The highest BCUT2D eigenvalue weighted by Crippen LogP contribution is 2.20. The fourth-order valence-electron chi connectivity index (χ4n) is 3.02. The zero-order valence-electron chi connectivity index (χ0n) is 17.0. The molecule has 0 aliphatic heterocycles. The van der Waals surface area contributed by atoms with Gasteiger partial charge in [0, 0.05) is 19.2 Å². The Kier molecular flexibility index (Phi) is 6.97. The van der Waals surface area contributed by atoms with E-state index in [0.717, 1.165) is 16.7 Å². The van der Waals surface area contributed by atoms with Crippen LogP contribution in [0.3, 0.4) is 0 Å². The Morgan fingerprint density at radius 1 is 0.967 bits per heavy atom. The predicted molar refractivity (Wildman–Crippen MR) is 116 cm³/mol. The molecule has 0 fully saturated rings. The Labute approximate surface area is 177 Å². The molecule has 1 atom stereocenters. The van der Waals surface area contributed by atoms with Crippen LogP contribution in [0.4, 0.5) is 0 Å². The summed E-state index contributed by atoms with van der Waals surface area (Å²) in [5.41, 5.74) is 3.54. The number of sulfonamides is 1. The first-order valence-electron chi connectivity index (χ1n) is 9.69. The number of carbonyl (C=O) groups is 1. The lowest BCUT2D eigenvalue weighted by molar-refractivity contribution is -0.121. The highest BCUT2D eigenvalue weighted by atomic mass is 32.2. The smallest absolute Gasteiger partial charge is 0.240 e. The summed E-state index contributed by atoms with van der Waals surface area (Å²) in [6.07, 6.45) is 1.69. The highest BCUT2D eigenvalue weighted by Gasteiger charge is 2.19. The third kappa shape index (κ3) is 5.52. The number of hydrogen-bond donors (Lipinski definition) is 2. The Balaban J connectivity index is 1.64. The Hall–Kier alpha value is -3.03. The van der Waals surface area contributed by atoms with E-state index in [1.54, 1.807) is 24.4 Å². The van der Waals surface area contributed by atoms with Gasteiger partial charge >= 0.3 is 0 Å². The lowest BCUT2D eigenvalue weighted by Crippen LogP contribution is -2.33. The molecule has 6 nitrogen and oxygen atoms in total. The third-order valence-corrected chi connectivity index (χ3v) is 6.31. The fourth-order valence-corrected chi connectivity index (χ4v) is 4.13. The van der Waals surface area contributed by atoms with E-state index < -0.39 is 16.1 Å². The lowest BCUT2D eigenvalue weighted by Gasteiger charge is -2.19.